The number of nitrogens with one attached hydrogen (secondary N) is 1. The van der Waals surface area contributed by atoms with Crippen LogP contribution in [0.25, 0.3) is 0 Å². The molecule has 0 aliphatic rings. The Morgan fingerprint density at radius 1 is 1.43 bits per heavy atom. The van der Waals surface area contributed by atoms with Crippen molar-refractivity contribution in [1.29, 1.82) is 0 Å². The second kappa shape index (κ2) is 6.92. The fraction of sp³-hybridized carbons (Fsp3) is 0.500. The summed E-state index contributed by atoms with van der Waals surface area (Å²) in [6.07, 6.45) is 1.21. The molecule has 7 heteroatoms. The Kier molecular flexibility index (Phi) is 5.52. The standard InChI is InChI=1S/C14H20N2O5/c1-5-8-14(2,13(17)21-4)15-11-7-6-10(20-3)9-12(11)16(18)19/h6-7,9,15H,5,8H2,1-4H3. The highest BCUT2D eigenvalue weighted by Crippen LogP contribution is 2.32. The van der Waals surface area contributed by atoms with E-state index in [-0.39, 0.29) is 11.4 Å². The molecule has 0 aromatic heterocycles. The van der Waals surface area contributed by atoms with Crippen LogP contribution in [-0.2, 0) is 9.53 Å². The van der Waals surface area contributed by atoms with Crippen LogP contribution >= 0.6 is 0 Å². The van der Waals surface area contributed by atoms with Gasteiger partial charge in [0.25, 0.3) is 5.69 Å². The molecule has 1 atom stereocenters. The van der Waals surface area contributed by atoms with Crippen LogP contribution in [0.1, 0.15) is 26.7 Å². The second-order valence-corrected chi connectivity index (χ2v) is 4.84. The zero-order valence-corrected chi connectivity index (χ0v) is 12.6. The third kappa shape index (κ3) is 3.84. The number of anilines is 1. The highest BCUT2D eigenvalue weighted by Gasteiger charge is 2.35. The van der Waals surface area contributed by atoms with Crippen molar-refractivity contribution in [1.82, 2.24) is 0 Å². The molecule has 116 valence electrons. The maximum Gasteiger partial charge on any atom is 0.331 e. The van der Waals surface area contributed by atoms with E-state index in [0.29, 0.717) is 12.2 Å². The molecule has 0 aliphatic carbocycles. The highest BCUT2D eigenvalue weighted by atomic mass is 16.6. The Morgan fingerprint density at radius 2 is 2.10 bits per heavy atom. The quantitative estimate of drug-likeness (QED) is 0.472. The molecule has 0 amide bonds. The van der Waals surface area contributed by atoms with Crippen molar-refractivity contribution in [2.75, 3.05) is 19.5 Å². The predicted molar refractivity (Wildman–Crippen MR) is 78.6 cm³/mol. The number of carbonyl (C=O) groups is 1. The Morgan fingerprint density at radius 3 is 2.57 bits per heavy atom. The Labute approximate surface area is 123 Å². The lowest BCUT2D eigenvalue weighted by molar-refractivity contribution is -0.384. The van der Waals surface area contributed by atoms with Crippen molar-refractivity contribution in [2.45, 2.75) is 32.2 Å². The normalized spacial score (nSPS) is 13.1. The maximum absolute atomic E-state index is 12.0. The minimum atomic E-state index is -1.02. The molecule has 1 aromatic carbocycles. The summed E-state index contributed by atoms with van der Waals surface area (Å²) in [5, 5.41) is 14.1. The van der Waals surface area contributed by atoms with Gasteiger partial charge in [0.15, 0.2) is 0 Å². The van der Waals surface area contributed by atoms with E-state index < -0.39 is 16.4 Å². The molecule has 0 aliphatic heterocycles. The number of hydrogen-bond donors (Lipinski definition) is 1. The predicted octanol–water partition coefficient (Wildman–Crippen LogP) is 2.75. The number of nitrogens with zero attached hydrogens (tertiary/aromatic N) is 1. The summed E-state index contributed by atoms with van der Waals surface area (Å²) in [5.41, 5.74) is -0.925. The van der Waals surface area contributed by atoms with Crippen molar-refractivity contribution in [3.63, 3.8) is 0 Å². The average molecular weight is 296 g/mol. The number of methoxy groups -OCH3 is 2. The third-order valence-corrected chi connectivity index (χ3v) is 3.20. The lowest BCUT2D eigenvalue weighted by atomic mass is 9.95. The van der Waals surface area contributed by atoms with Crippen LogP contribution in [0.2, 0.25) is 0 Å². The number of ether oxygens (including phenoxy) is 2. The van der Waals surface area contributed by atoms with Crippen LogP contribution < -0.4 is 10.1 Å². The van der Waals surface area contributed by atoms with E-state index in [1.54, 1.807) is 13.0 Å². The Balaban J connectivity index is 3.20. The van der Waals surface area contributed by atoms with Crippen molar-refractivity contribution in [3.05, 3.63) is 28.3 Å². The van der Waals surface area contributed by atoms with Crippen molar-refractivity contribution < 1.29 is 19.2 Å². The van der Waals surface area contributed by atoms with Gasteiger partial charge in [-0.25, -0.2) is 4.79 Å². The smallest absolute Gasteiger partial charge is 0.331 e. The summed E-state index contributed by atoms with van der Waals surface area (Å²) in [7, 11) is 2.72. The summed E-state index contributed by atoms with van der Waals surface area (Å²) in [4.78, 5) is 22.6. The summed E-state index contributed by atoms with van der Waals surface area (Å²) in [6, 6.07) is 4.43. The van der Waals surface area contributed by atoms with E-state index in [4.69, 9.17) is 9.47 Å². The van der Waals surface area contributed by atoms with Crippen LogP contribution in [0.5, 0.6) is 5.75 Å². The maximum atomic E-state index is 12.0. The van der Waals surface area contributed by atoms with Crippen LogP contribution in [0.15, 0.2) is 18.2 Å². The number of carbonyl (C=O) groups excluding carboxylic acids is 1. The third-order valence-electron chi connectivity index (χ3n) is 3.20. The van der Waals surface area contributed by atoms with Gasteiger partial charge in [-0.05, 0) is 25.5 Å². The molecule has 0 spiro atoms. The van der Waals surface area contributed by atoms with Gasteiger partial charge < -0.3 is 14.8 Å². The molecule has 1 unspecified atom stereocenters. The zero-order valence-electron chi connectivity index (χ0n) is 12.6. The van der Waals surface area contributed by atoms with E-state index in [0.717, 1.165) is 6.42 Å². The molecular weight excluding hydrogens is 276 g/mol. The first-order valence-electron chi connectivity index (χ1n) is 6.57. The molecule has 1 rings (SSSR count). The molecular formula is C14H20N2O5. The fourth-order valence-corrected chi connectivity index (χ4v) is 2.13. The molecule has 1 aromatic rings. The lowest BCUT2D eigenvalue weighted by Gasteiger charge is -2.28. The van der Waals surface area contributed by atoms with Gasteiger partial charge in [0.05, 0.1) is 25.2 Å². The molecule has 0 bridgehead atoms. The molecule has 0 heterocycles. The SMILES string of the molecule is CCCC(C)(Nc1ccc(OC)cc1[N+](=O)[O-])C(=O)OC. The van der Waals surface area contributed by atoms with Crippen molar-refractivity contribution in [3.8, 4) is 5.75 Å². The van der Waals surface area contributed by atoms with Crippen LogP contribution in [0, 0.1) is 10.1 Å². The first-order chi connectivity index (χ1) is 9.87. The molecule has 7 nitrogen and oxygen atoms in total. The number of hydrogen-bond acceptors (Lipinski definition) is 6. The Hall–Kier alpha value is -2.31. The lowest BCUT2D eigenvalue weighted by Crippen LogP contribution is -2.44. The summed E-state index contributed by atoms with van der Waals surface area (Å²) < 4.78 is 9.77. The van der Waals surface area contributed by atoms with Crippen molar-refractivity contribution in [2.24, 2.45) is 0 Å². The van der Waals surface area contributed by atoms with Gasteiger partial charge in [-0.3, -0.25) is 10.1 Å². The first-order valence-corrected chi connectivity index (χ1v) is 6.57. The van der Waals surface area contributed by atoms with Gasteiger partial charge in [-0.2, -0.15) is 0 Å². The van der Waals surface area contributed by atoms with Gasteiger partial charge >= 0.3 is 5.97 Å². The molecule has 0 saturated heterocycles. The fourth-order valence-electron chi connectivity index (χ4n) is 2.13. The van der Waals surface area contributed by atoms with Gasteiger partial charge in [0, 0.05) is 0 Å². The van der Waals surface area contributed by atoms with E-state index in [9.17, 15) is 14.9 Å². The number of nitro benzene ring substituents is 1. The number of benzene rings is 1. The minimum Gasteiger partial charge on any atom is -0.496 e. The number of rotatable bonds is 7. The Bertz CT molecular complexity index is 532. The topological polar surface area (TPSA) is 90.7 Å². The van der Waals surface area contributed by atoms with E-state index in [1.807, 2.05) is 6.92 Å². The highest BCUT2D eigenvalue weighted by molar-refractivity contribution is 5.85. The zero-order chi connectivity index (χ0) is 16.0. The molecule has 0 radical (unpaired) electrons. The van der Waals surface area contributed by atoms with Crippen LogP contribution in [0.4, 0.5) is 11.4 Å². The summed E-state index contributed by atoms with van der Waals surface area (Å²) in [5.74, 6) is -0.0861. The van der Waals surface area contributed by atoms with Crippen molar-refractivity contribution >= 4 is 17.3 Å². The molecule has 1 N–H and O–H groups in total. The average Bonchev–Trinajstić information content (AvgIpc) is 2.46. The molecule has 21 heavy (non-hydrogen) atoms. The largest absolute Gasteiger partial charge is 0.496 e. The summed E-state index contributed by atoms with van der Waals surface area (Å²) in [6.45, 7) is 3.58. The van der Waals surface area contributed by atoms with E-state index in [2.05, 4.69) is 5.32 Å². The minimum absolute atomic E-state index is 0.152. The van der Waals surface area contributed by atoms with E-state index in [1.165, 1.54) is 26.4 Å². The first kappa shape index (κ1) is 16.7. The van der Waals surface area contributed by atoms with Crippen LogP contribution in [0.3, 0.4) is 0 Å². The van der Waals surface area contributed by atoms with Gasteiger partial charge in [-0.15, -0.1) is 0 Å². The monoisotopic (exact) mass is 296 g/mol. The molecule has 0 saturated carbocycles. The van der Waals surface area contributed by atoms with Gasteiger partial charge in [0.2, 0.25) is 0 Å². The summed E-state index contributed by atoms with van der Waals surface area (Å²) >= 11 is 0. The van der Waals surface area contributed by atoms with Gasteiger partial charge in [-0.1, -0.05) is 13.3 Å². The number of esters is 1. The van der Waals surface area contributed by atoms with E-state index >= 15 is 0 Å². The second-order valence-electron chi connectivity index (χ2n) is 4.84. The van der Waals surface area contributed by atoms with Gasteiger partial charge in [0.1, 0.15) is 17.0 Å². The number of nitro groups is 1. The van der Waals surface area contributed by atoms with Crippen LogP contribution in [-0.4, -0.2) is 30.7 Å². The molecule has 0 fully saturated rings.